The van der Waals surface area contributed by atoms with Gasteiger partial charge in [-0.2, -0.15) is 4.31 Å². The molecule has 0 bridgehead atoms. The van der Waals surface area contributed by atoms with Crippen molar-refractivity contribution in [2.24, 2.45) is 0 Å². The van der Waals surface area contributed by atoms with Gasteiger partial charge in [0, 0.05) is 13.1 Å². The summed E-state index contributed by atoms with van der Waals surface area (Å²) in [5, 5.41) is 0.301. The third kappa shape index (κ3) is 1.86. The van der Waals surface area contributed by atoms with Crippen molar-refractivity contribution in [2.45, 2.75) is 30.0 Å². The Labute approximate surface area is 93.0 Å². The Kier molecular flexibility index (Phi) is 2.48. The molecule has 2 rings (SSSR count). The van der Waals surface area contributed by atoms with Crippen molar-refractivity contribution >= 4 is 26.5 Å². The van der Waals surface area contributed by atoms with Crippen LogP contribution in [0.3, 0.4) is 0 Å². The Hall–Kier alpha value is -0.660. The first-order valence-electron chi connectivity index (χ1n) is 4.64. The summed E-state index contributed by atoms with van der Waals surface area (Å²) in [6.45, 7) is 1.67. The van der Waals surface area contributed by atoms with Crippen LogP contribution in [0.4, 0.5) is 5.13 Å². The molecule has 0 aromatic carbocycles. The van der Waals surface area contributed by atoms with Crippen LogP contribution in [0, 0.1) is 6.92 Å². The maximum atomic E-state index is 12.1. The van der Waals surface area contributed by atoms with Crippen molar-refractivity contribution in [1.82, 2.24) is 9.29 Å². The quantitative estimate of drug-likeness (QED) is 0.857. The molecule has 0 spiro atoms. The molecule has 84 valence electrons. The van der Waals surface area contributed by atoms with E-state index in [9.17, 15) is 8.42 Å². The van der Waals surface area contributed by atoms with E-state index in [1.807, 2.05) is 0 Å². The zero-order chi connectivity index (χ0) is 11.2. The number of thiazole rings is 1. The van der Waals surface area contributed by atoms with Crippen LogP contribution >= 0.6 is 11.3 Å². The minimum absolute atomic E-state index is 0.165. The molecule has 1 aliphatic rings. The lowest BCUT2D eigenvalue weighted by molar-refractivity contribution is 0.465. The lowest BCUT2D eigenvalue weighted by Crippen LogP contribution is -2.28. The summed E-state index contributed by atoms with van der Waals surface area (Å²) in [4.78, 5) is 3.93. The zero-order valence-corrected chi connectivity index (χ0v) is 10.2. The molecular formula is C8H13N3O2S2. The number of hydrogen-bond acceptors (Lipinski definition) is 5. The number of hydrogen-bond donors (Lipinski definition) is 1. The highest BCUT2D eigenvalue weighted by Crippen LogP contribution is 2.34. The lowest BCUT2D eigenvalue weighted by atomic mass is 10.6. The van der Waals surface area contributed by atoms with E-state index in [-0.39, 0.29) is 10.3 Å². The molecular weight excluding hydrogens is 234 g/mol. The van der Waals surface area contributed by atoms with Gasteiger partial charge < -0.3 is 5.73 Å². The average Bonchev–Trinajstić information content (AvgIpc) is 2.91. The molecule has 0 atom stereocenters. The number of anilines is 1. The minimum atomic E-state index is -3.38. The molecule has 15 heavy (non-hydrogen) atoms. The summed E-state index contributed by atoms with van der Waals surface area (Å²) in [5.41, 5.74) is 5.98. The van der Waals surface area contributed by atoms with E-state index in [1.165, 1.54) is 4.31 Å². The van der Waals surface area contributed by atoms with Crippen LogP contribution in [0.1, 0.15) is 18.5 Å². The van der Waals surface area contributed by atoms with Gasteiger partial charge in [0.15, 0.2) is 9.34 Å². The Bertz CT molecular complexity index is 476. The molecule has 1 fully saturated rings. The molecule has 2 N–H and O–H groups in total. The number of aromatic nitrogens is 1. The molecule has 1 saturated carbocycles. The second kappa shape index (κ2) is 3.43. The molecule has 1 heterocycles. The van der Waals surface area contributed by atoms with E-state index < -0.39 is 10.0 Å². The number of nitrogens with zero attached hydrogens (tertiary/aromatic N) is 2. The highest BCUT2D eigenvalue weighted by Gasteiger charge is 2.36. The van der Waals surface area contributed by atoms with Crippen LogP contribution < -0.4 is 5.73 Å². The van der Waals surface area contributed by atoms with E-state index in [2.05, 4.69) is 4.98 Å². The largest absolute Gasteiger partial charge is 0.375 e. The van der Waals surface area contributed by atoms with Crippen molar-refractivity contribution < 1.29 is 8.42 Å². The summed E-state index contributed by atoms with van der Waals surface area (Å²) >= 11 is 1.03. The highest BCUT2D eigenvalue weighted by molar-refractivity contribution is 7.91. The number of nitrogen functional groups attached to an aromatic ring is 1. The summed E-state index contributed by atoms with van der Waals surface area (Å²) in [7, 11) is -1.76. The normalized spacial score (nSPS) is 17.3. The van der Waals surface area contributed by atoms with Gasteiger partial charge in [-0.1, -0.05) is 11.3 Å². The van der Waals surface area contributed by atoms with Crippen LogP contribution in [0.2, 0.25) is 0 Å². The van der Waals surface area contributed by atoms with Crippen molar-refractivity contribution in [3.8, 4) is 0 Å². The maximum absolute atomic E-state index is 12.1. The average molecular weight is 247 g/mol. The van der Waals surface area contributed by atoms with Gasteiger partial charge in [0.25, 0.3) is 10.0 Å². The van der Waals surface area contributed by atoms with Crippen molar-refractivity contribution in [2.75, 3.05) is 12.8 Å². The molecule has 0 radical (unpaired) electrons. The summed E-state index contributed by atoms with van der Waals surface area (Å²) in [5.74, 6) is 0. The molecule has 5 nitrogen and oxygen atoms in total. The van der Waals surface area contributed by atoms with E-state index >= 15 is 0 Å². The summed E-state index contributed by atoms with van der Waals surface area (Å²) < 4.78 is 25.9. The molecule has 0 saturated heterocycles. The lowest BCUT2D eigenvalue weighted by Gasteiger charge is -2.14. The van der Waals surface area contributed by atoms with Crippen LogP contribution in [0.5, 0.6) is 0 Å². The fourth-order valence-corrected chi connectivity index (χ4v) is 4.29. The predicted octanol–water partition coefficient (Wildman–Crippen LogP) is 0.817. The van der Waals surface area contributed by atoms with Gasteiger partial charge in [-0.3, -0.25) is 0 Å². The van der Waals surface area contributed by atoms with E-state index in [4.69, 9.17) is 5.73 Å². The minimum Gasteiger partial charge on any atom is -0.375 e. The zero-order valence-electron chi connectivity index (χ0n) is 8.60. The first-order chi connectivity index (χ1) is 6.93. The SMILES string of the molecule is Cc1nc(N)sc1S(=O)(=O)N(C)C1CC1. The van der Waals surface area contributed by atoms with Crippen LogP contribution in [0.15, 0.2) is 4.21 Å². The molecule has 7 heteroatoms. The van der Waals surface area contributed by atoms with Crippen LogP contribution in [-0.2, 0) is 10.0 Å². The number of sulfonamides is 1. The summed E-state index contributed by atoms with van der Waals surface area (Å²) in [6.07, 6.45) is 1.89. The van der Waals surface area contributed by atoms with Gasteiger partial charge in [0.2, 0.25) is 0 Å². The van der Waals surface area contributed by atoms with E-state index in [0.29, 0.717) is 10.8 Å². The molecule has 1 aromatic heterocycles. The van der Waals surface area contributed by atoms with Gasteiger partial charge in [-0.15, -0.1) is 0 Å². The molecule has 1 aromatic rings. The number of rotatable bonds is 3. The smallest absolute Gasteiger partial charge is 0.254 e. The van der Waals surface area contributed by atoms with Gasteiger partial charge in [0.05, 0.1) is 5.69 Å². The third-order valence-electron chi connectivity index (χ3n) is 2.45. The van der Waals surface area contributed by atoms with Gasteiger partial charge in [0.1, 0.15) is 0 Å². The second-order valence-corrected chi connectivity index (χ2v) is 6.90. The molecule has 1 aliphatic carbocycles. The highest BCUT2D eigenvalue weighted by atomic mass is 32.2. The van der Waals surface area contributed by atoms with Crippen molar-refractivity contribution in [3.05, 3.63) is 5.69 Å². The predicted molar refractivity (Wildman–Crippen MR) is 59.2 cm³/mol. The van der Waals surface area contributed by atoms with Crippen LogP contribution in [-0.4, -0.2) is 30.8 Å². The van der Waals surface area contributed by atoms with Crippen LogP contribution in [0.25, 0.3) is 0 Å². The van der Waals surface area contributed by atoms with Gasteiger partial charge in [-0.05, 0) is 19.8 Å². The Morgan fingerprint density at radius 1 is 1.53 bits per heavy atom. The Balaban J connectivity index is 2.40. The van der Waals surface area contributed by atoms with Crippen molar-refractivity contribution in [1.29, 1.82) is 0 Å². The fraction of sp³-hybridized carbons (Fsp3) is 0.625. The van der Waals surface area contributed by atoms with Crippen molar-refractivity contribution in [3.63, 3.8) is 0 Å². The fourth-order valence-electron chi connectivity index (χ4n) is 1.41. The number of nitrogens with two attached hydrogens (primary N) is 1. The first kappa shape index (κ1) is 10.8. The first-order valence-corrected chi connectivity index (χ1v) is 6.89. The van der Waals surface area contributed by atoms with E-state index in [0.717, 1.165) is 24.2 Å². The maximum Gasteiger partial charge on any atom is 0.254 e. The standard InChI is InChI=1S/C8H13N3O2S2/c1-5-7(14-8(9)10-5)15(12,13)11(2)6-3-4-6/h6H,3-4H2,1-2H3,(H2,9,10). The molecule has 0 aliphatic heterocycles. The third-order valence-corrected chi connectivity index (χ3v) is 5.93. The topological polar surface area (TPSA) is 76.3 Å². The van der Waals surface area contributed by atoms with E-state index in [1.54, 1.807) is 14.0 Å². The number of aryl methyl sites for hydroxylation is 1. The summed E-state index contributed by atoms with van der Waals surface area (Å²) in [6, 6.07) is 0.165. The monoisotopic (exact) mass is 247 g/mol. The molecule has 0 unspecified atom stereocenters. The second-order valence-electron chi connectivity index (χ2n) is 3.68. The van der Waals surface area contributed by atoms with Gasteiger partial charge in [-0.25, -0.2) is 13.4 Å². The Morgan fingerprint density at radius 3 is 2.53 bits per heavy atom. The molecule has 0 amide bonds. The Morgan fingerprint density at radius 2 is 2.13 bits per heavy atom. The van der Waals surface area contributed by atoms with Gasteiger partial charge >= 0.3 is 0 Å².